The fraction of sp³-hybridized carbons (Fsp3) is 0.0476. The van der Waals surface area contributed by atoms with E-state index >= 15 is 0 Å². The number of fused-ring (bicyclic) bond motifs is 2. The zero-order chi connectivity index (χ0) is 20.1. The van der Waals surface area contributed by atoms with Crippen molar-refractivity contribution in [1.29, 1.82) is 0 Å². The van der Waals surface area contributed by atoms with Gasteiger partial charge in [0.05, 0.1) is 0 Å². The first kappa shape index (κ1) is 19.5. The van der Waals surface area contributed by atoms with Gasteiger partial charge in [-0.25, -0.2) is 0 Å². The number of hydrogen-bond donors (Lipinski definition) is 0. The summed E-state index contributed by atoms with van der Waals surface area (Å²) < 4.78 is 41.1. The van der Waals surface area contributed by atoms with Crippen LogP contribution in [0.15, 0.2) is 84.9 Å². The lowest BCUT2D eigenvalue weighted by Crippen LogP contribution is -2.39. The molecule has 3 aromatic carbocycles. The summed E-state index contributed by atoms with van der Waals surface area (Å²) >= 11 is 0. The van der Waals surface area contributed by atoms with Crippen LogP contribution < -0.4 is 4.57 Å². The van der Waals surface area contributed by atoms with Crippen molar-refractivity contribution in [2.75, 3.05) is 0 Å². The van der Waals surface area contributed by atoms with E-state index in [1.807, 2.05) is 54.6 Å². The maximum absolute atomic E-state index is 12.7. The van der Waals surface area contributed by atoms with Crippen molar-refractivity contribution in [3.05, 3.63) is 90.5 Å². The molecule has 0 spiro atoms. The first-order valence-electron chi connectivity index (χ1n) is 8.59. The van der Waals surface area contributed by atoms with E-state index in [9.17, 15) is 22.1 Å². The van der Waals surface area contributed by atoms with Crippen molar-refractivity contribution in [3.8, 4) is 0 Å². The molecule has 2 nitrogen and oxygen atoms in total. The van der Waals surface area contributed by atoms with Crippen LogP contribution >= 0.6 is 0 Å². The minimum atomic E-state index is -6.00. The molecule has 0 aliphatic rings. The predicted molar refractivity (Wildman–Crippen MR) is 103 cm³/mol. The van der Waals surface area contributed by atoms with Crippen molar-refractivity contribution in [2.24, 2.45) is 0 Å². The molecule has 0 unspecified atom stereocenters. The van der Waals surface area contributed by atoms with Crippen molar-refractivity contribution in [1.82, 2.24) is 0 Å². The molecule has 28 heavy (non-hydrogen) atoms. The van der Waals surface area contributed by atoms with Gasteiger partial charge in [0.15, 0.2) is 0 Å². The molecule has 0 saturated heterocycles. The molecular weight excluding hydrogens is 369 g/mol. The Morgan fingerprint density at radius 1 is 0.714 bits per heavy atom. The van der Waals surface area contributed by atoms with Gasteiger partial charge in [-0.15, -0.1) is 0 Å². The molecule has 0 amide bonds. The molecule has 142 valence electrons. The second-order valence-electron chi connectivity index (χ2n) is 6.13. The zero-order valence-corrected chi connectivity index (χ0v) is 14.7. The van der Waals surface area contributed by atoms with Crippen LogP contribution in [-0.2, 0) is 6.54 Å². The van der Waals surface area contributed by atoms with Gasteiger partial charge in [0.2, 0.25) is 23.4 Å². The normalized spacial score (nSPS) is 11.1. The van der Waals surface area contributed by atoms with Gasteiger partial charge in [-0.2, -0.15) is 4.57 Å². The highest BCUT2D eigenvalue weighted by Crippen LogP contribution is 2.18. The van der Waals surface area contributed by atoms with Gasteiger partial charge in [-0.05, 0) is 18.2 Å². The predicted octanol–water partition coefficient (Wildman–Crippen LogP) is 5.46. The quantitative estimate of drug-likeness (QED) is 0.151. The molecule has 0 bridgehead atoms. The van der Waals surface area contributed by atoms with Gasteiger partial charge < -0.3 is 17.3 Å². The summed E-state index contributed by atoms with van der Waals surface area (Å²) in [6.45, 7) is 0.339. The summed E-state index contributed by atoms with van der Waals surface area (Å²) in [7, 11) is -6.00. The summed E-state index contributed by atoms with van der Waals surface area (Å²) in [4.78, 5) is 12.7. The number of pyridine rings is 1. The molecule has 0 atom stereocenters. The fourth-order valence-corrected chi connectivity index (χ4v) is 3.04. The van der Waals surface area contributed by atoms with Crippen LogP contribution in [-0.4, -0.2) is 13.0 Å². The van der Waals surface area contributed by atoms with Crippen LogP contribution in [0.25, 0.3) is 21.8 Å². The Hall–Kier alpha value is -3.22. The third kappa shape index (κ3) is 4.94. The molecule has 7 heteroatoms. The van der Waals surface area contributed by atoms with Crippen molar-refractivity contribution in [3.63, 3.8) is 0 Å². The Bertz CT molecular complexity index is 1050. The molecule has 0 N–H and O–H groups in total. The third-order valence-electron chi connectivity index (χ3n) is 4.16. The highest BCUT2D eigenvalue weighted by Gasteiger charge is 2.21. The maximum atomic E-state index is 12.7. The number of hydrogen-bond acceptors (Lipinski definition) is 1. The minimum Gasteiger partial charge on any atom is -0.418 e. The zero-order valence-electron chi connectivity index (χ0n) is 14.7. The van der Waals surface area contributed by atoms with Crippen molar-refractivity contribution < 1.29 is 26.6 Å². The number of aromatic nitrogens is 1. The lowest BCUT2D eigenvalue weighted by atomic mass is 10.1. The number of nitrogens with zero attached hydrogens (tertiary/aromatic N) is 1. The fourth-order valence-electron chi connectivity index (χ4n) is 3.04. The number of ketones is 1. The number of Topliss-reactive ketones (excluding diaryl/α,β-unsaturated/α-hetero) is 1. The molecule has 1 aromatic heterocycles. The monoisotopic (exact) mass is 385 g/mol. The number of carbonyl (C=O) groups excluding carboxylic acids is 1. The van der Waals surface area contributed by atoms with Gasteiger partial charge in [0, 0.05) is 28.5 Å². The van der Waals surface area contributed by atoms with E-state index in [-0.39, 0.29) is 5.78 Å². The molecule has 0 saturated carbocycles. The van der Waals surface area contributed by atoms with Gasteiger partial charge in [0.25, 0.3) is 0 Å². The number of carbonyl (C=O) groups is 1. The summed E-state index contributed by atoms with van der Waals surface area (Å²) in [5.41, 5.74) is 2.91. The summed E-state index contributed by atoms with van der Waals surface area (Å²) in [5.74, 6) is 0.122. The van der Waals surface area contributed by atoms with Crippen LogP contribution in [0.4, 0.5) is 17.3 Å². The first-order valence-corrected chi connectivity index (χ1v) is 8.59. The Balaban J connectivity index is 0.000000403. The van der Waals surface area contributed by atoms with Gasteiger partial charge >= 0.3 is 7.25 Å². The largest absolute Gasteiger partial charge is 0.673 e. The van der Waals surface area contributed by atoms with E-state index in [1.54, 1.807) is 0 Å². The average Bonchev–Trinajstić information content (AvgIpc) is 2.67. The second-order valence-corrected chi connectivity index (χ2v) is 6.13. The summed E-state index contributed by atoms with van der Waals surface area (Å²) in [5, 5.41) is 2.29. The molecular formula is C21H16BF4NO. The molecule has 0 aliphatic carbocycles. The Labute approximate surface area is 159 Å². The van der Waals surface area contributed by atoms with E-state index in [4.69, 9.17) is 0 Å². The van der Waals surface area contributed by atoms with Gasteiger partial charge in [-0.1, -0.05) is 54.6 Å². The van der Waals surface area contributed by atoms with Crippen LogP contribution in [0.1, 0.15) is 10.4 Å². The van der Waals surface area contributed by atoms with Gasteiger partial charge in [0.1, 0.15) is 0 Å². The van der Waals surface area contributed by atoms with E-state index in [0.29, 0.717) is 6.54 Å². The van der Waals surface area contributed by atoms with Crippen LogP contribution in [0, 0.1) is 0 Å². The lowest BCUT2D eigenvalue weighted by Gasteiger charge is -2.05. The van der Waals surface area contributed by atoms with Crippen LogP contribution in [0.5, 0.6) is 0 Å². The third-order valence-corrected chi connectivity index (χ3v) is 4.16. The molecule has 0 radical (unpaired) electrons. The Kier molecular flexibility index (Phi) is 5.73. The number of rotatable bonds is 3. The molecule has 0 aliphatic heterocycles. The Morgan fingerprint density at radius 3 is 1.64 bits per heavy atom. The van der Waals surface area contributed by atoms with Crippen LogP contribution in [0.3, 0.4) is 0 Å². The van der Waals surface area contributed by atoms with Crippen molar-refractivity contribution in [2.45, 2.75) is 6.54 Å². The molecule has 0 fully saturated rings. The topological polar surface area (TPSA) is 20.9 Å². The van der Waals surface area contributed by atoms with Crippen molar-refractivity contribution >= 4 is 34.8 Å². The van der Waals surface area contributed by atoms with E-state index in [2.05, 4.69) is 34.9 Å². The maximum Gasteiger partial charge on any atom is 0.673 e. The smallest absolute Gasteiger partial charge is 0.418 e. The van der Waals surface area contributed by atoms with E-state index in [1.165, 1.54) is 0 Å². The SMILES string of the molecule is F[B-](F)(F)F.O=C(C[n+]1c2ccccc2cc2ccccc21)c1ccccc1. The molecule has 4 aromatic rings. The summed E-state index contributed by atoms with van der Waals surface area (Å²) in [6, 6.07) is 28.1. The molecule has 4 rings (SSSR count). The highest BCUT2D eigenvalue weighted by atomic mass is 19.5. The van der Waals surface area contributed by atoms with E-state index < -0.39 is 7.25 Å². The van der Waals surface area contributed by atoms with E-state index in [0.717, 1.165) is 27.4 Å². The second kappa shape index (κ2) is 8.21. The first-order chi connectivity index (χ1) is 13.3. The standard InChI is InChI=1S/C21H16NO.BF4/c23-21(16-8-2-1-3-9-16)15-22-19-12-6-4-10-17(19)14-18-11-5-7-13-20(18)22;2-1(3,4)5/h1-14H,15H2;/q+1;-1. The van der Waals surface area contributed by atoms with Gasteiger partial charge in [-0.3, -0.25) is 4.79 Å². The Morgan fingerprint density at radius 2 is 1.14 bits per heavy atom. The lowest BCUT2D eigenvalue weighted by molar-refractivity contribution is -0.630. The average molecular weight is 385 g/mol. The molecule has 1 heterocycles. The summed E-state index contributed by atoms with van der Waals surface area (Å²) in [6.07, 6.45) is 0. The number of benzene rings is 3. The van der Waals surface area contributed by atoms with Crippen LogP contribution in [0.2, 0.25) is 0 Å². The highest BCUT2D eigenvalue weighted by molar-refractivity contribution is 6.50. The minimum absolute atomic E-state index is 0.122. The number of para-hydroxylation sites is 2. The number of halogens is 4.